The third-order valence-corrected chi connectivity index (χ3v) is 5.30. The number of halogens is 2. The van der Waals surface area contributed by atoms with Crippen molar-refractivity contribution in [3.63, 3.8) is 0 Å². The zero-order valence-corrected chi connectivity index (χ0v) is 18.6. The van der Waals surface area contributed by atoms with Crippen LogP contribution in [0.2, 0.25) is 0 Å². The lowest BCUT2D eigenvalue weighted by Crippen LogP contribution is -2.34. The number of carboxylic acid groups (broad SMARTS) is 1. The van der Waals surface area contributed by atoms with Gasteiger partial charge in [-0.3, -0.25) is 4.98 Å². The second-order valence-corrected chi connectivity index (χ2v) is 8.87. The van der Waals surface area contributed by atoms with Gasteiger partial charge in [0.15, 0.2) is 0 Å². The highest BCUT2D eigenvalue weighted by molar-refractivity contribution is 5.85. The highest BCUT2D eigenvalue weighted by Crippen LogP contribution is 2.42. The summed E-state index contributed by atoms with van der Waals surface area (Å²) < 4.78 is 27.7. The molecule has 0 aliphatic heterocycles. The molecule has 0 amide bonds. The number of rotatable bonds is 8. The van der Waals surface area contributed by atoms with Crippen molar-refractivity contribution in [2.24, 2.45) is 11.8 Å². The van der Waals surface area contributed by atoms with Crippen molar-refractivity contribution in [2.45, 2.75) is 46.0 Å². The van der Waals surface area contributed by atoms with Crippen molar-refractivity contribution < 1.29 is 18.7 Å². The van der Waals surface area contributed by atoms with E-state index < -0.39 is 23.3 Å². The van der Waals surface area contributed by atoms with Gasteiger partial charge in [-0.2, -0.15) is 13.8 Å². The molecule has 3 rings (SSSR count). The zero-order valence-electron chi connectivity index (χ0n) is 18.6. The topological polar surface area (TPSA) is 76.0 Å². The molecule has 0 aromatic carbocycles. The van der Waals surface area contributed by atoms with E-state index in [-0.39, 0.29) is 23.1 Å². The number of aromatic carboxylic acids is 1. The first-order valence-electron chi connectivity index (χ1n) is 10.6. The quantitative estimate of drug-likeness (QED) is 0.443. The van der Waals surface area contributed by atoms with Crippen LogP contribution in [0.1, 0.15) is 62.4 Å². The first kappa shape index (κ1) is 23.4. The lowest BCUT2D eigenvalue weighted by atomic mass is 9.69. The number of hydrogen-bond acceptors (Lipinski definition) is 4. The second-order valence-electron chi connectivity index (χ2n) is 8.87. The molecule has 1 N–H and O–H groups in total. The first-order chi connectivity index (χ1) is 15.1. The zero-order chi connectivity index (χ0) is 23.5. The lowest BCUT2D eigenvalue weighted by Gasteiger charge is -2.36. The van der Waals surface area contributed by atoms with Crippen LogP contribution in [0.3, 0.4) is 0 Å². The van der Waals surface area contributed by atoms with Gasteiger partial charge in [-0.25, -0.2) is 9.78 Å². The normalized spacial score (nSPS) is 11.9. The van der Waals surface area contributed by atoms with Crippen LogP contribution in [0, 0.1) is 23.7 Å². The van der Waals surface area contributed by atoms with Gasteiger partial charge in [-0.1, -0.05) is 39.8 Å². The summed E-state index contributed by atoms with van der Waals surface area (Å²) in [4.78, 5) is 24.1. The van der Waals surface area contributed by atoms with Gasteiger partial charge in [0, 0.05) is 0 Å². The molecule has 0 radical (unpaired) electrons. The van der Waals surface area contributed by atoms with Crippen LogP contribution in [0.15, 0.2) is 48.5 Å². The van der Waals surface area contributed by atoms with Gasteiger partial charge >= 0.3 is 5.97 Å². The van der Waals surface area contributed by atoms with Crippen molar-refractivity contribution in [1.29, 1.82) is 0 Å². The van der Waals surface area contributed by atoms with Gasteiger partial charge in [0.25, 0.3) is 0 Å². The Labute approximate surface area is 186 Å². The predicted octanol–water partition coefficient (Wildman–Crippen LogP) is 5.89. The summed E-state index contributed by atoms with van der Waals surface area (Å²) >= 11 is 0. The number of hydrogen-bond donors (Lipinski definition) is 1. The molecule has 3 aromatic heterocycles. The molecule has 32 heavy (non-hydrogen) atoms. The average molecular weight is 440 g/mol. The van der Waals surface area contributed by atoms with E-state index in [1.165, 1.54) is 12.1 Å². The molecule has 0 aliphatic carbocycles. The molecule has 0 aliphatic rings. The number of nitrogens with zero attached hydrogens (tertiary/aromatic N) is 3. The van der Waals surface area contributed by atoms with Crippen LogP contribution >= 0.6 is 0 Å². The second kappa shape index (κ2) is 9.51. The van der Waals surface area contributed by atoms with Crippen LogP contribution < -0.4 is 0 Å². The number of carbonyl (C=O) groups is 1. The Bertz CT molecular complexity index is 1110. The standard InChI is InChI=1S/C25H27F2N3O2/c1-15(2)13-25(14-16(3)4,21-10-6-8-19(29-21)24(31)32)20-9-5-7-18(28-20)17-11-12-22(26)30-23(17)27/h5-12,15-16H,13-14H2,1-4H3,(H,31,32). The third-order valence-electron chi connectivity index (χ3n) is 5.30. The minimum Gasteiger partial charge on any atom is -0.477 e. The van der Waals surface area contributed by atoms with E-state index in [4.69, 9.17) is 4.98 Å². The third kappa shape index (κ3) is 4.98. The van der Waals surface area contributed by atoms with Gasteiger partial charge in [-0.05, 0) is 61.1 Å². The Morgan fingerprint density at radius 2 is 1.47 bits per heavy atom. The van der Waals surface area contributed by atoms with E-state index in [0.29, 0.717) is 29.9 Å². The van der Waals surface area contributed by atoms with Gasteiger partial charge in [0.2, 0.25) is 11.9 Å². The van der Waals surface area contributed by atoms with Crippen molar-refractivity contribution in [1.82, 2.24) is 15.0 Å². The molecule has 3 aromatic rings. The van der Waals surface area contributed by atoms with E-state index >= 15 is 0 Å². The van der Waals surface area contributed by atoms with Crippen LogP contribution in [0.25, 0.3) is 11.3 Å². The van der Waals surface area contributed by atoms with Gasteiger partial charge < -0.3 is 5.11 Å². The fourth-order valence-electron chi connectivity index (χ4n) is 4.30. The Morgan fingerprint density at radius 3 is 2.03 bits per heavy atom. The van der Waals surface area contributed by atoms with E-state index in [9.17, 15) is 18.7 Å². The van der Waals surface area contributed by atoms with Gasteiger partial charge in [0.05, 0.1) is 28.1 Å². The number of aromatic nitrogens is 3. The van der Waals surface area contributed by atoms with Gasteiger partial charge in [0.1, 0.15) is 5.69 Å². The lowest BCUT2D eigenvalue weighted by molar-refractivity contribution is 0.0689. The Morgan fingerprint density at radius 1 is 0.875 bits per heavy atom. The van der Waals surface area contributed by atoms with E-state index in [1.54, 1.807) is 18.2 Å². The maximum Gasteiger partial charge on any atom is 0.354 e. The highest BCUT2D eigenvalue weighted by atomic mass is 19.1. The molecule has 168 valence electrons. The van der Waals surface area contributed by atoms with Crippen LogP contribution in [0.5, 0.6) is 0 Å². The van der Waals surface area contributed by atoms with Crippen molar-refractivity contribution in [2.75, 3.05) is 0 Å². The molecule has 0 atom stereocenters. The summed E-state index contributed by atoms with van der Waals surface area (Å²) in [6.07, 6.45) is 1.34. The molecule has 0 bridgehead atoms. The van der Waals surface area contributed by atoms with Crippen molar-refractivity contribution >= 4 is 5.97 Å². The Balaban J connectivity index is 2.25. The summed E-state index contributed by atoms with van der Waals surface area (Å²) in [7, 11) is 0. The van der Waals surface area contributed by atoms with E-state index in [2.05, 4.69) is 37.7 Å². The van der Waals surface area contributed by atoms with Gasteiger partial charge in [-0.15, -0.1) is 0 Å². The molecular weight excluding hydrogens is 412 g/mol. The molecule has 0 spiro atoms. The maximum absolute atomic E-state index is 14.4. The van der Waals surface area contributed by atoms with E-state index in [0.717, 1.165) is 6.07 Å². The van der Waals surface area contributed by atoms with Crippen LogP contribution in [-0.2, 0) is 5.41 Å². The molecule has 0 unspecified atom stereocenters. The van der Waals surface area contributed by atoms with Crippen molar-refractivity contribution in [3.05, 3.63) is 77.5 Å². The fourth-order valence-corrected chi connectivity index (χ4v) is 4.30. The minimum atomic E-state index is -1.10. The smallest absolute Gasteiger partial charge is 0.354 e. The van der Waals surface area contributed by atoms with Crippen LogP contribution in [-0.4, -0.2) is 26.0 Å². The van der Waals surface area contributed by atoms with Crippen molar-refractivity contribution in [3.8, 4) is 11.3 Å². The molecule has 5 nitrogen and oxygen atoms in total. The predicted molar refractivity (Wildman–Crippen MR) is 118 cm³/mol. The average Bonchev–Trinajstić information content (AvgIpc) is 2.72. The summed E-state index contributed by atoms with van der Waals surface area (Å²) in [6, 6.07) is 12.7. The molecule has 0 saturated heterocycles. The molecular formula is C25H27F2N3O2. The van der Waals surface area contributed by atoms with Crippen LogP contribution in [0.4, 0.5) is 8.78 Å². The SMILES string of the molecule is CC(C)CC(CC(C)C)(c1cccc(C(=O)O)n1)c1cccc(-c2ccc(F)nc2F)n1. The summed E-state index contributed by atoms with van der Waals surface area (Å²) in [5.74, 6) is -2.43. The fraction of sp³-hybridized carbons (Fsp3) is 0.360. The highest BCUT2D eigenvalue weighted by Gasteiger charge is 2.39. The first-order valence-corrected chi connectivity index (χ1v) is 10.6. The maximum atomic E-state index is 14.4. The number of pyridine rings is 3. The monoisotopic (exact) mass is 439 g/mol. The summed E-state index contributed by atoms with van der Waals surface area (Å²) in [6.45, 7) is 8.35. The molecule has 0 fully saturated rings. The largest absolute Gasteiger partial charge is 0.477 e. The minimum absolute atomic E-state index is 0.0377. The Kier molecular flexibility index (Phi) is 6.96. The summed E-state index contributed by atoms with van der Waals surface area (Å²) in [5, 5.41) is 9.50. The molecule has 3 heterocycles. The summed E-state index contributed by atoms with van der Waals surface area (Å²) in [5.41, 5.74) is 0.984. The molecule has 0 saturated carbocycles. The molecule has 7 heteroatoms. The Hall–Kier alpha value is -3.22. The number of carboxylic acids is 1. The van der Waals surface area contributed by atoms with E-state index in [1.807, 2.05) is 12.1 Å².